The van der Waals surface area contributed by atoms with Gasteiger partial charge in [0.1, 0.15) is 0 Å². The van der Waals surface area contributed by atoms with E-state index in [1.165, 1.54) is 0 Å². The van der Waals surface area contributed by atoms with Gasteiger partial charge in [0.05, 0.1) is 13.2 Å². The van der Waals surface area contributed by atoms with E-state index >= 15 is 0 Å². The maximum atomic E-state index is 12.7. The van der Waals surface area contributed by atoms with Gasteiger partial charge in [-0.05, 0) is 26.3 Å². The summed E-state index contributed by atoms with van der Waals surface area (Å²) in [6.07, 6.45) is -2.71. The maximum absolute atomic E-state index is 12.7. The van der Waals surface area contributed by atoms with Crippen molar-refractivity contribution in [2.24, 2.45) is 0 Å². The maximum Gasteiger partial charge on any atom is 0.418 e. The van der Waals surface area contributed by atoms with Crippen LogP contribution in [-0.4, -0.2) is 78.7 Å². The molecule has 118 valence electrons. The summed E-state index contributed by atoms with van der Waals surface area (Å²) in [6.45, 7) is 4.78. The molecule has 0 amide bonds. The number of aliphatic hydroxyl groups is 1. The molecule has 2 aliphatic heterocycles. The number of ether oxygens (including phenoxy) is 1. The topological polar surface area (TPSA) is 35.9 Å². The Morgan fingerprint density at radius 3 is 2.45 bits per heavy atom. The van der Waals surface area contributed by atoms with Crippen LogP contribution in [0.1, 0.15) is 19.8 Å². The fourth-order valence-electron chi connectivity index (χ4n) is 2.94. The van der Waals surface area contributed by atoms with Gasteiger partial charge < -0.3 is 9.84 Å². The number of rotatable bonds is 3. The highest BCUT2D eigenvalue weighted by atomic mass is 19.4. The molecule has 2 rings (SSSR count). The average molecular weight is 296 g/mol. The Bertz CT molecular complexity index is 317. The van der Waals surface area contributed by atoms with Gasteiger partial charge in [0.15, 0.2) is 5.60 Å². The molecular formula is C13H23F3N2O2. The first-order chi connectivity index (χ1) is 9.29. The summed E-state index contributed by atoms with van der Waals surface area (Å²) in [5, 5.41) is 9.60. The van der Waals surface area contributed by atoms with E-state index < -0.39 is 11.8 Å². The van der Waals surface area contributed by atoms with E-state index in [0.717, 1.165) is 32.9 Å². The normalized spacial score (nSPS) is 30.1. The summed E-state index contributed by atoms with van der Waals surface area (Å²) in [4.78, 5) is 4.02. The molecule has 0 aromatic heterocycles. The Kier molecular flexibility index (Phi) is 4.94. The van der Waals surface area contributed by atoms with E-state index in [4.69, 9.17) is 4.74 Å². The van der Waals surface area contributed by atoms with E-state index in [2.05, 4.69) is 4.90 Å². The summed E-state index contributed by atoms with van der Waals surface area (Å²) in [7, 11) is 0. The minimum absolute atomic E-state index is 0.275. The van der Waals surface area contributed by atoms with Gasteiger partial charge in [0.2, 0.25) is 0 Å². The van der Waals surface area contributed by atoms with E-state index in [9.17, 15) is 18.3 Å². The van der Waals surface area contributed by atoms with E-state index in [0.29, 0.717) is 26.3 Å². The third-order valence-electron chi connectivity index (χ3n) is 4.18. The van der Waals surface area contributed by atoms with Crippen LogP contribution in [0.3, 0.4) is 0 Å². The summed E-state index contributed by atoms with van der Waals surface area (Å²) in [5.41, 5.74) is -2.64. The van der Waals surface area contributed by atoms with Gasteiger partial charge in [-0.3, -0.25) is 9.80 Å². The Morgan fingerprint density at radius 1 is 1.20 bits per heavy atom. The van der Waals surface area contributed by atoms with Crippen LogP contribution >= 0.6 is 0 Å². The first kappa shape index (κ1) is 16.0. The van der Waals surface area contributed by atoms with Gasteiger partial charge in [-0.2, -0.15) is 13.2 Å². The standard InChI is InChI=1S/C13H23F3N2O2/c1-12(19,13(14,15)16)10-17-4-2-3-11(9-17)18-5-7-20-8-6-18/h11,19H,2-10H2,1H3/t11-,12-/m1/s1. The Balaban J connectivity index is 1.90. The van der Waals surface area contributed by atoms with Gasteiger partial charge in [-0.15, -0.1) is 0 Å². The summed E-state index contributed by atoms with van der Waals surface area (Å²) >= 11 is 0. The zero-order valence-electron chi connectivity index (χ0n) is 11.8. The highest BCUT2D eigenvalue weighted by Crippen LogP contribution is 2.31. The molecule has 7 heteroatoms. The predicted octanol–water partition coefficient (Wildman–Crippen LogP) is 1.10. The first-order valence-electron chi connectivity index (χ1n) is 7.13. The summed E-state index contributed by atoms with van der Waals surface area (Å²) in [5.74, 6) is 0. The molecule has 2 atom stereocenters. The van der Waals surface area contributed by atoms with Crippen molar-refractivity contribution in [3.05, 3.63) is 0 Å². The highest BCUT2D eigenvalue weighted by molar-refractivity contribution is 4.89. The molecule has 0 aromatic rings. The molecule has 4 nitrogen and oxygen atoms in total. The van der Waals surface area contributed by atoms with E-state index in [1.807, 2.05) is 0 Å². The van der Waals surface area contributed by atoms with Crippen molar-refractivity contribution in [2.75, 3.05) is 45.9 Å². The van der Waals surface area contributed by atoms with Crippen molar-refractivity contribution < 1.29 is 23.0 Å². The molecule has 0 aliphatic carbocycles. The fraction of sp³-hybridized carbons (Fsp3) is 1.00. The monoisotopic (exact) mass is 296 g/mol. The number of morpholine rings is 1. The van der Waals surface area contributed by atoms with Crippen molar-refractivity contribution in [1.82, 2.24) is 9.80 Å². The van der Waals surface area contributed by atoms with Crippen molar-refractivity contribution >= 4 is 0 Å². The second-order valence-corrected chi connectivity index (χ2v) is 5.95. The lowest BCUT2D eigenvalue weighted by Crippen LogP contribution is -2.57. The second kappa shape index (κ2) is 6.17. The lowest BCUT2D eigenvalue weighted by molar-refractivity contribution is -0.258. The number of alkyl halides is 3. The van der Waals surface area contributed by atoms with Gasteiger partial charge in [0, 0.05) is 32.2 Å². The minimum atomic E-state index is -4.58. The molecule has 1 N–H and O–H groups in total. The lowest BCUT2D eigenvalue weighted by atomic mass is 10.00. The highest BCUT2D eigenvalue weighted by Gasteiger charge is 2.51. The molecule has 2 heterocycles. The Morgan fingerprint density at radius 2 is 1.85 bits per heavy atom. The van der Waals surface area contributed by atoms with E-state index in [1.54, 1.807) is 4.90 Å². The lowest BCUT2D eigenvalue weighted by Gasteiger charge is -2.42. The quantitative estimate of drug-likeness (QED) is 0.846. The van der Waals surface area contributed by atoms with Crippen LogP contribution in [0.15, 0.2) is 0 Å². The van der Waals surface area contributed by atoms with Crippen LogP contribution in [0.25, 0.3) is 0 Å². The molecule has 0 bridgehead atoms. The second-order valence-electron chi connectivity index (χ2n) is 5.95. The average Bonchev–Trinajstić information content (AvgIpc) is 2.38. The van der Waals surface area contributed by atoms with Crippen LogP contribution in [0, 0.1) is 0 Å². The van der Waals surface area contributed by atoms with Crippen molar-refractivity contribution in [2.45, 2.75) is 37.6 Å². The van der Waals surface area contributed by atoms with Crippen LogP contribution in [-0.2, 0) is 4.74 Å². The number of nitrogens with zero attached hydrogens (tertiary/aromatic N) is 2. The van der Waals surface area contributed by atoms with Gasteiger partial charge >= 0.3 is 6.18 Å². The molecule has 0 aromatic carbocycles. The summed E-state index contributed by atoms with van der Waals surface area (Å²) < 4.78 is 43.5. The molecule has 2 fully saturated rings. The Labute approximate surface area is 117 Å². The molecule has 20 heavy (non-hydrogen) atoms. The number of likely N-dealkylation sites (tertiary alicyclic amines) is 1. The summed E-state index contributed by atoms with van der Waals surface area (Å²) in [6, 6.07) is 0.275. The number of β-amino-alcohol motifs (C(OH)–C–C–N with tert-alkyl or cyclic N) is 1. The largest absolute Gasteiger partial charge is 0.418 e. The Hall–Kier alpha value is -0.370. The SMILES string of the molecule is C[C@@](O)(CN1CCC[C@@H](N2CCOCC2)C1)C(F)(F)F. The number of halogens is 3. The minimum Gasteiger partial charge on any atom is -0.380 e. The molecular weight excluding hydrogens is 273 g/mol. The molecule has 0 spiro atoms. The van der Waals surface area contributed by atoms with Gasteiger partial charge in [-0.1, -0.05) is 0 Å². The number of piperidine rings is 1. The molecule has 2 aliphatic rings. The fourth-order valence-corrected chi connectivity index (χ4v) is 2.94. The van der Waals surface area contributed by atoms with Crippen LogP contribution < -0.4 is 0 Å². The molecule has 2 saturated heterocycles. The first-order valence-corrected chi connectivity index (χ1v) is 7.13. The molecule has 0 saturated carbocycles. The van der Waals surface area contributed by atoms with Crippen molar-refractivity contribution in [1.29, 1.82) is 0 Å². The smallest absolute Gasteiger partial charge is 0.380 e. The third-order valence-corrected chi connectivity index (χ3v) is 4.18. The van der Waals surface area contributed by atoms with Crippen LogP contribution in [0.2, 0.25) is 0 Å². The molecule has 0 radical (unpaired) electrons. The number of hydrogen-bond donors (Lipinski definition) is 1. The van der Waals surface area contributed by atoms with Crippen LogP contribution in [0.5, 0.6) is 0 Å². The zero-order chi connectivity index (χ0) is 14.8. The van der Waals surface area contributed by atoms with Crippen LogP contribution in [0.4, 0.5) is 13.2 Å². The zero-order valence-corrected chi connectivity index (χ0v) is 11.8. The van der Waals surface area contributed by atoms with Gasteiger partial charge in [-0.25, -0.2) is 0 Å². The third kappa shape index (κ3) is 3.84. The molecule has 0 unspecified atom stereocenters. The number of hydrogen-bond acceptors (Lipinski definition) is 4. The van der Waals surface area contributed by atoms with Crippen molar-refractivity contribution in [3.63, 3.8) is 0 Å². The van der Waals surface area contributed by atoms with Gasteiger partial charge in [0.25, 0.3) is 0 Å². The van der Waals surface area contributed by atoms with E-state index in [-0.39, 0.29) is 12.6 Å². The van der Waals surface area contributed by atoms with Crippen molar-refractivity contribution in [3.8, 4) is 0 Å². The predicted molar refractivity (Wildman–Crippen MR) is 68.5 cm³/mol.